The van der Waals surface area contributed by atoms with Crippen molar-refractivity contribution in [3.8, 4) is 0 Å². The number of hydrogen-bond acceptors (Lipinski definition) is 3. The Kier molecular flexibility index (Phi) is 6.37. The van der Waals surface area contributed by atoms with E-state index < -0.39 is 6.03 Å². The lowest BCUT2D eigenvalue weighted by Crippen LogP contribution is -2.46. The van der Waals surface area contributed by atoms with Crippen LogP contribution >= 0.6 is 0 Å². The van der Waals surface area contributed by atoms with Gasteiger partial charge in [0.2, 0.25) is 5.95 Å². The zero-order valence-electron chi connectivity index (χ0n) is 20.4. The molecule has 0 unspecified atom stereocenters. The summed E-state index contributed by atoms with van der Waals surface area (Å²) in [5, 5.41) is 0. The SMILES string of the molecule is CCN(C)c1nc2cc(N(C[C@]3(C)CC[C@](CC)(c4ccccc4)CC3)C(N)=O)ccc2[nH]1. The van der Waals surface area contributed by atoms with Crippen LogP contribution in [0, 0.1) is 5.41 Å². The third-order valence-corrected chi connectivity index (χ3v) is 7.88. The molecule has 33 heavy (non-hydrogen) atoms. The predicted molar refractivity (Wildman–Crippen MR) is 137 cm³/mol. The summed E-state index contributed by atoms with van der Waals surface area (Å²) in [7, 11) is 2.00. The van der Waals surface area contributed by atoms with E-state index in [2.05, 4.69) is 61.0 Å². The van der Waals surface area contributed by atoms with Crippen molar-refractivity contribution >= 4 is 28.7 Å². The van der Waals surface area contributed by atoms with E-state index in [1.165, 1.54) is 5.56 Å². The topological polar surface area (TPSA) is 78.2 Å². The second-order valence-electron chi connectivity index (χ2n) is 10.0. The Morgan fingerprint density at radius 3 is 2.39 bits per heavy atom. The van der Waals surface area contributed by atoms with Crippen molar-refractivity contribution in [2.75, 3.05) is 29.9 Å². The number of nitrogens with one attached hydrogen (secondary N) is 1. The maximum absolute atomic E-state index is 12.5. The predicted octanol–water partition coefficient (Wildman–Crippen LogP) is 5.83. The molecule has 176 valence electrons. The van der Waals surface area contributed by atoms with Gasteiger partial charge in [-0.2, -0.15) is 0 Å². The number of aromatic nitrogens is 2. The highest BCUT2D eigenvalue weighted by atomic mass is 16.2. The minimum Gasteiger partial charge on any atom is -0.351 e. The average Bonchev–Trinajstić information content (AvgIpc) is 3.27. The van der Waals surface area contributed by atoms with Gasteiger partial charge in [-0.05, 0) is 73.6 Å². The number of hydrogen-bond donors (Lipinski definition) is 2. The number of nitrogens with two attached hydrogens (primary N) is 1. The molecular formula is C27H37N5O. The Hall–Kier alpha value is -3.02. The lowest BCUT2D eigenvalue weighted by molar-refractivity contribution is 0.145. The molecule has 3 N–H and O–H groups in total. The number of rotatable bonds is 7. The van der Waals surface area contributed by atoms with Crippen LogP contribution in [0.4, 0.5) is 16.4 Å². The minimum atomic E-state index is -0.410. The van der Waals surface area contributed by atoms with Crippen LogP contribution in [0.3, 0.4) is 0 Å². The Labute approximate surface area is 197 Å². The van der Waals surface area contributed by atoms with Gasteiger partial charge in [-0.1, -0.05) is 44.2 Å². The summed E-state index contributed by atoms with van der Waals surface area (Å²) in [6.07, 6.45) is 5.52. The van der Waals surface area contributed by atoms with Crippen molar-refractivity contribution in [1.82, 2.24) is 9.97 Å². The monoisotopic (exact) mass is 447 g/mol. The van der Waals surface area contributed by atoms with Crippen LogP contribution in [-0.4, -0.2) is 36.1 Å². The molecule has 4 rings (SSSR count). The van der Waals surface area contributed by atoms with Crippen LogP contribution in [0.15, 0.2) is 48.5 Å². The lowest BCUT2D eigenvalue weighted by Gasteiger charge is -2.46. The number of carbonyl (C=O) groups is 1. The van der Waals surface area contributed by atoms with Crippen LogP contribution < -0.4 is 15.5 Å². The van der Waals surface area contributed by atoms with Gasteiger partial charge in [-0.3, -0.25) is 4.90 Å². The normalized spacial score (nSPS) is 22.9. The molecule has 1 aliphatic rings. The fourth-order valence-corrected chi connectivity index (χ4v) is 5.29. The number of H-pyrrole nitrogens is 1. The molecule has 0 atom stereocenters. The molecule has 6 heteroatoms. The quantitative estimate of drug-likeness (QED) is 0.478. The molecule has 0 bridgehead atoms. The molecule has 0 radical (unpaired) electrons. The number of amides is 2. The van der Waals surface area contributed by atoms with E-state index in [1.54, 1.807) is 4.90 Å². The zero-order valence-corrected chi connectivity index (χ0v) is 20.4. The number of aromatic amines is 1. The first-order chi connectivity index (χ1) is 15.8. The van der Waals surface area contributed by atoms with Crippen LogP contribution in [0.5, 0.6) is 0 Å². The summed E-state index contributed by atoms with van der Waals surface area (Å²) >= 11 is 0. The van der Waals surface area contributed by atoms with Gasteiger partial charge in [0, 0.05) is 25.8 Å². The van der Waals surface area contributed by atoms with E-state index in [0.717, 1.165) is 61.3 Å². The Bertz CT molecular complexity index is 1100. The molecule has 0 saturated heterocycles. The van der Waals surface area contributed by atoms with Gasteiger partial charge in [0.25, 0.3) is 0 Å². The van der Waals surface area contributed by atoms with Crippen molar-refractivity contribution in [3.63, 3.8) is 0 Å². The molecular weight excluding hydrogens is 410 g/mol. The molecule has 2 aromatic carbocycles. The fourth-order valence-electron chi connectivity index (χ4n) is 5.29. The van der Waals surface area contributed by atoms with Crippen LogP contribution in [-0.2, 0) is 5.41 Å². The number of nitrogens with zero attached hydrogens (tertiary/aromatic N) is 3. The highest BCUT2D eigenvalue weighted by molar-refractivity contribution is 5.93. The third kappa shape index (κ3) is 4.56. The molecule has 1 aromatic heterocycles. The number of fused-ring (bicyclic) bond motifs is 1. The van der Waals surface area contributed by atoms with Crippen LogP contribution in [0.25, 0.3) is 11.0 Å². The highest BCUT2D eigenvalue weighted by Gasteiger charge is 2.41. The smallest absolute Gasteiger partial charge is 0.319 e. The molecule has 0 spiro atoms. The summed E-state index contributed by atoms with van der Waals surface area (Å²) in [5.74, 6) is 0.825. The number of carbonyl (C=O) groups excluding carboxylic acids is 1. The van der Waals surface area contributed by atoms with Gasteiger partial charge in [0.15, 0.2) is 0 Å². The summed E-state index contributed by atoms with van der Waals surface area (Å²) in [4.78, 5) is 24.4. The van der Waals surface area contributed by atoms with E-state index >= 15 is 0 Å². The number of imidazole rings is 1. The van der Waals surface area contributed by atoms with Crippen molar-refractivity contribution in [2.45, 2.75) is 58.3 Å². The highest BCUT2D eigenvalue weighted by Crippen LogP contribution is 2.49. The maximum Gasteiger partial charge on any atom is 0.319 e. The van der Waals surface area contributed by atoms with Crippen molar-refractivity contribution in [1.29, 1.82) is 0 Å². The first-order valence-electron chi connectivity index (χ1n) is 12.1. The molecule has 2 amide bonds. The maximum atomic E-state index is 12.5. The van der Waals surface area contributed by atoms with E-state index in [1.807, 2.05) is 25.2 Å². The second-order valence-corrected chi connectivity index (χ2v) is 10.0. The molecule has 1 saturated carbocycles. The van der Waals surface area contributed by atoms with Gasteiger partial charge >= 0.3 is 6.03 Å². The summed E-state index contributed by atoms with van der Waals surface area (Å²) in [6.45, 7) is 8.17. The van der Waals surface area contributed by atoms with Gasteiger partial charge in [-0.25, -0.2) is 9.78 Å². The minimum absolute atomic E-state index is 0.0244. The van der Waals surface area contributed by atoms with E-state index in [4.69, 9.17) is 10.7 Å². The Balaban J connectivity index is 1.54. The first-order valence-corrected chi connectivity index (χ1v) is 12.1. The standard InChI is InChI=1S/C27H37N5O/c1-5-27(20-10-8-7-9-11-20)16-14-26(3,15-17-27)19-32(24(28)33)21-12-13-22-23(18-21)30-25(29-22)31(4)6-2/h7-13,18H,5-6,14-17,19H2,1-4H3,(H2,28,33)(H,29,30)/t26-,27+. The number of anilines is 2. The first kappa shape index (κ1) is 23.1. The van der Waals surface area contributed by atoms with E-state index in [9.17, 15) is 4.79 Å². The average molecular weight is 448 g/mol. The Morgan fingerprint density at radius 1 is 1.09 bits per heavy atom. The molecule has 1 heterocycles. The van der Waals surface area contributed by atoms with Gasteiger partial charge in [0.1, 0.15) is 0 Å². The number of primary amides is 1. The molecule has 3 aromatic rings. The van der Waals surface area contributed by atoms with Gasteiger partial charge < -0.3 is 15.6 Å². The van der Waals surface area contributed by atoms with E-state index in [-0.39, 0.29) is 10.8 Å². The number of benzene rings is 2. The summed E-state index contributed by atoms with van der Waals surface area (Å²) < 4.78 is 0. The fraction of sp³-hybridized carbons (Fsp3) is 0.481. The molecule has 1 aliphatic carbocycles. The van der Waals surface area contributed by atoms with Crippen molar-refractivity contribution in [3.05, 3.63) is 54.1 Å². The van der Waals surface area contributed by atoms with Crippen LogP contribution in [0.1, 0.15) is 58.4 Å². The largest absolute Gasteiger partial charge is 0.351 e. The molecule has 0 aliphatic heterocycles. The lowest BCUT2D eigenvalue weighted by atomic mass is 9.60. The summed E-state index contributed by atoms with van der Waals surface area (Å²) in [5.41, 5.74) is 10.2. The van der Waals surface area contributed by atoms with E-state index in [0.29, 0.717) is 6.54 Å². The third-order valence-electron chi connectivity index (χ3n) is 7.88. The van der Waals surface area contributed by atoms with Gasteiger partial charge in [0.05, 0.1) is 11.0 Å². The second kappa shape index (κ2) is 9.08. The van der Waals surface area contributed by atoms with Crippen LogP contribution in [0.2, 0.25) is 0 Å². The number of urea groups is 1. The zero-order chi connectivity index (χ0) is 23.6. The summed E-state index contributed by atoms with van der Waals surface area (Å²) in [6, 6.07) is 16.4. The Morgan fingerprint density at radius 2 is 1.79 bits per heavy atom. The van der Waals surface area contributed by atoms with Crippen molar-refractivity contribution < 1.29 is 4.79 Å². The van der Waals surface area contributed by atoms with Gasteiger partial charge in [-0.15, -0.1) is 0 Å². The molecule has 1 fully saturated rings. The van der Waals surface area contributed by atoms with Crippen molar-refractivity contribution in [2.24, 2.45) is 11.1 Å². The molecule has 6 nitrogen and oxygen atoms in total.